The van der Waals surface area contributed by atoms with Crippen molar-refractivity contribution in [1.82, 2.24) is 9.78 Å². The van der Waals surface area contributed by atoms with E-state index >= 15 is 0 Å². The molecular formula is C11H9ClF3N3. The van der Waals surface area contributed by atoms with E-state index in [2.05, 4.69) is 5.10 Å². The van der Waals surface area contributed by atoms with Gasteiger partial charge in [0.1, 0.15) is 0 Å². The molecule has 1 aromatic carbocycles. The van der Waals surface area contributed by atoms with Crippen molar-refractivity contribution < 1.29 is 13.2 Å². The number of rotatable bonds is 2. The Balaban J connectivity index is 2.62. The van der Waals surface area contributed by atoms with Crippen LogP contribution in [0.3, 0.4) is 0 Å². The Hall–Kier alpha value is -1.53. The molecule has 2 rings (SSSR count). The molecule has 0 amide bonds. The predicted octanol–water partition coefficient (Wildman–Crippen LogP) is 3.00. The van der Waals surface area contributed by atoms with Crippen LogP contribution in [-0.2, 0) is 12.7 Å². The van der Waals surface area contributed by atoms with Gasteiger partial charge in [-0.25, -0.2) is 4.68 Å². The molecule has 2 N–H and O–H groups in total. The van der Waals surface area contributed by atoms with E-state index in [-0.39, 0.29) is 17.8 Å². The van der Waals surface area contributed by atoms with Crippen LogP contribution in [0.25, 0.3) is 5.69 Å². The second-order valence-electron chi connectivity index (χ2n) is 3.61. The lowest BCUT2D eigenvalue weighted by Crippen LogP contribution is -2.16. The van der Waals surface area contributed by atoms with Crippen LogP contribution in [0.4, 0.5) is 13.2 Å². The van der Waals surface area contributed by atoms with Crippen molar-refractivity contribution in [2.24, 2.45) is 5.73 Å². The Morgan fingerprint density at radius 1 is 1.33 bits per heavy atom. The van der Waals surface area contributed by atoms with E-state index in [1.54, 1.807) is 12.1 Å². The first kappa shape index (κ1) is 12.9. The molecule has 2 aromatic rings. The summed E-state index contributed by atoms with van der Waals surface area (Å²) in [6, 6.07) is 6.03. The third-order valence-corrected chi connectivity index (χ3v) is 2.62. The number of benzene rings is 1. The van der Waals surface area contributed by atoms with Crippen LogP contribution in [0.2, 0.25) is 5.02 Å². The molecule has 0 unspecified atom stereocenters. The third kappa shape index (κ3) is 2.34. The van der Waals surface area contributed by atoms with Crippen LogP contribution in [-0.4, -0.2) is 9.78 Å². The Labute approximate surface area is 106 Å². The van der Waals surface area contributed by atoms with Crippen molar-refractivity contribution >= 4 is 11.6 Å². The van der Waals surface area contributed by atoms with E-state index in [9.17, 15) is 13.2 Å². The average molecular weight is 276 g/mol. The summed E-state index contributed by atoms with van der Waals surface area (Å²) < 4.78 is 39.7. The number of aromatic nitrogens is 2. The van der Waals surface area contributed by atoms with Crippen molar-refractivity contribution in [2.75, 3.05) is 0 Å². The largest absolute Gasteiger partial charge is 0.433 e. The molecule has 0 atom stereocenters. The zero-order valence-corrected chi connectivity index (χ0v) is 9.83. The van der Waals surface area contributed by atoms with Gasteiger partial charge < -0.3 is 5.73 Å². The minimum absolute atomic E-state index is 0.0533. The summed E-state index contributed by atoms with van der Waals surface area (Å²) in [7, 11) is 0. The molecular weight excluding hydrogens is 267 g/mol. The molecule has 0 saturated heterocycles. The van der Waals surface area contributed by atoms with Gasteiger partial charge in [-0.2, -0.15) is 18.3 Å². The van der Waals surface area contributed by atoms with Crippen LogP contribution in [0, 0.1) is 0 Å². The molecule has 18 heavy (non-hydrogen) atoms. The first-order chi connectivity index (χ1) is 8.43. The maximum Gasteiger partial charge on any atom is 0.433 e. The Kier molecular flexibility index (Phi) is 3.32. The fourth-order valence-electron chi connectivity index (χ4n) is 1.64. The van der Waals surface area contributed by atoms with Gasteiger partial charge in [0.05, 0.1) is 11.9 Å². The van der Waals surface area contributed by atoms with Crippen molar-refractivity contribution in [3.05, 3.63) is 46.7 Å². The topological polar surface area (TPSA) is 43.8 Å². The molecule has 0 bridgehead atoms. The first-order valence-corrected chi connectivity index (χ1v) is 5.41. The maximum atomic E-state index is 13.0. The Bertz CT molecular complexity index is 563. The highest BCUT2D eigenvalue weighted by Gasteiger charge is 2.38. The normalized spacial score (nSPS) is 11.8. The van der Waals surface area contributed by atoms with Crippen molar-refractivity contribution in [1.29, 1.82) is 0 Å². The van der Waals surface area contributed by atoms with Crippen molar-refractivity contribution in [3.63, 3.8) is 0 Å². The lowest BCUT2D eigenvalue weighted by molar-refractivity contribution is -0.143. The van der Waals surface area contributed by atoms with Gasteiger partial charge in [-0.1, -0.05) is 17.7 Å². The minimum atomic E-state index is -4.52. The Morgan fingerprint density at radius 3 is 2.61 bits per heavy atom. The van der Waals surface area contributed by atoms with E-state index in [1.807, 2.05) is 0 Å². The monoisotopic (exact) mass is 275 g/mol. The van der Waals surface area contributed by atoms with Gasteiger partial charge in [-0.05, 0) is 18.2 Å². The molecule has 0 aliphatic carbocycles. The summed E-state index contributed by atoms with van der Waals surface area (Å²) in [4.78, 5) is 0. The number of nitrogens with zero attached hydrogens (tertiary/aromatic N) is 2. The summed E-state index contributed by atoms with van der Waals surface area (Å²) in [5.74, 6) is 0. The quantitative estimate of drug-likeness (QED) is 0.916. The van der Waals surface area contributed by atoms with Gasteiger partial charge in [0.15, 0.2) is 5.69 Å². The highest BCUT2D eigenvalue weighted by atomic mass is 35.5. The summed E-state index contributed by atoms with van der Waals surface area (Å²) in [6.07, 6.45) is -3.41. The minimum Gasteiger partial charge on any atom is -0.326 e. The van der Waals surface area contributed by atoms with Crippen LogP contribution in [0.5, 0.6) is 0 Å². The highest BCUT2D eigenvalue weighted by Crippen LogP contribution is 2.33. The number of alkyl halides is 3. The molecule has 0 aliphatic heterocycles. The predicted molar refractivity (Wildman–Crippen MR) is 61.5 cm³/mol. The zero-order valence-electron chi connectivity index (χ0n) is 9.08. The lowest BCUT2D eigenvalue weighted by atomic mass is 10.2. The number of halogens is 4. The van der Waals surface area contributed by atoms with Gasteiger partial charge in [0.2, 0.25) is 0 Å². The van der Waals surface area contributed by atoms with Crippen LogP contribution < -0.4 is 5.73 Å². The number of hydrogen-bond donors (Lipinski definition) is 1. The lowest BCUT2D eigenvalue weighted by Gasteiger charge is -2.12. The van der Waals surface area contributed by atoms with Crippen LogP contribution >= 0.6 is 11.6 Å². The number of hydrogen-bond acceptors (Lipinski definition) is 2. The molecule has 0 saturated carbocycles. The molecule has 1 heterocycles. The summed E-state index contributed by atoms with van der Waals surface area (Å²) in [5.41, 5.74) is 4.61. The fraction of sp³-hybridized carbons (Fsp3) is 0.182. The van der Waals surface area contributed by atoms with Gasteiger partial charge in [-0.3, -0.25) is 0 Å². The molecule has 0 radical (unpaired) electrons. The summed E-state index contributed by atoms with van der Waals surface area (Å²) in [6.45, 7) is -0.227. The number of nitrogens with two attached hydrogens (primary N) is 1. The molecule has 7 heteroatoms. The van der Waals surface area contributed by atoms with Crippen molar-refractivity contribution in [3.8, 4) is 5.69 Å². The molecule has 96 valence electrons. The molecule has 0 fully saturated rings. The second kappa shape index (κ2) is 4.62. The van der Waals surface area contributed by atoms with Crippen LogP contribution in [0.15, 0.2) is 30.5 Å². The van der Waals surface area contributed by atoms with Gasteiger partial charge >= 0.3 is 6.18 Å². The smallest absolute Gasteiger partial charge is 0.326 e. The second-order valence-corrected chi connectivity index (χ2v) is 4.05. The van der Waals surface area contributed by atoms with Crippen LogP contribution in [0.1, 0.15) is 11.3 Å². The SMILES string of the molecule is NCc1cnn(-c2cccc(Cl)c2)c1C(F)(F)F. The van der Waals surface area contributed by atoms with E-state index in [1.165, 1.54) is 12.1 Å². The third-order valence-electron chi connectivity index (χ3n) is 2.39. The van der Waals surface area contributed by atoms with Crippen molar-refractivity contribution in [2.45, 2.75) is 12.7 Å². The average Bonchev–Trinajstić information content (AvgIpc) is 2.72. The standard InChI is InChI=1S/C11H9ClF3N3/c12-8-2-1-3-9(4-8)18-10(11(13,14)15)7(5-16)6-17-18/h1-4,6H,5,16H2. The van der Waals surface area contributed by atoms with E-state index in [0.717, 1.165) is 10.9 Å². The Morgan fingerprint density at radius 2 is 2.06 bits per heavy atom. The highest BCUT2D eigenvalue weighted by molar-refractivity contribution is 6.30. The summed E-state index contributed by atoms with van der Waals surface area (Å²) >= 11 is 5.75. The first-order valence-electron chi connectivity index (χ1n) is 5.03. The molecule has 0 aliphatic rings. The molecule has 1 aromatic heterocycles. The van der Waals surface area contributed by atoms with Gasteiger partial charge in [-0.15, -0.1) is 0 Å². The van der Waals surface area contributed by atoms with E-state index < -0.39 is 11.9 Å². The maximum absolute atomic E-state index is 13.0. The fourth-order valence-corrected chi connectivity index (χ4v) is 1.82. The van der Waals surface area contributed by atoms with Gasteiger partial charge in [0.25, 0.3) is 0 Å². The zero-order chi connectivity index (χ0) is 13.3. The molecule has 3 nitrogen and oxygen atoms in total. The van der Waals surface area contributed by atoms with Gasteiger partial charge in [0, 0.05) is 17.1 Å². The summed E-state index contributed by atoms with van der Waals surface area (Å²) in [5, 5.41) is 4.06. The van der Waals surface area contributed by atoms with E-state index in [4.69, 9.17) is 17.3 Å². The van der Waals surface area contributed by atoms with E-state index in [0.29, 0.717) is 5.02 Å². The molecule has 0 spiro atoms.